The van der Waals surface area contributed by atoms with Gasteiger partial charge in [0.05, 0.1) is 24.5 Å². The molecule has 3 fully saturated rings. The van der Waals surface area contributed by atoms with Gasteiger partial charge in [-0.15, -0.1) is 6.58 Å². The lowest BCUT2D eigenvalue weighted by Crippen LogP contribution is -2.57. The fraction of sp³-hybridized carbons (Fsp3) is 0.783. The van der Waals surface area contributed by atoms with E-state index in [4.69, 9.17) is 9.47 Å². The molecule has 3 aliphatic heterocycles. The Morgan fingerprint density at radius 3 is 2.75 bits per heavy atom. The van der Waals surface area contributed by atoms with E-state index in [9.17, 15) is 19.5 Å². The summed E-state index contributed by atoms with van der Waals surface area (Å²) >= 11 is 3.64. The van der Waals surface area contributed by atoms with Crippen LogP contribution in [-0.2, 0) is 23.9 Å². The number of aliphatic hydroxyl groups excluding tert-OH is 1. The second-order valence-corrected chi connectivity index (χ2v) is 9.98. The van der Waals surface area contributed by atoms with E-state index in [1.54, 1.807) is 22.8 Å². The lowest BCUT2D eigenvalue weighted by atomic mass is 9.70. The van der Waals surface area contributed by atoms with Crippen LogP contribution >= 0.6 is 15.9 Å². The minimum Gasteiger partial charge on any atom is -0.466 e. The highest BCUT2D eigenvalue weighted by molar-refractivity contribution is 9.09. The van der Waals surface area contributed by atoms with E-state index in [0.29, 0.717) is 38.9 Å². The molecule has 1 spiro atoms. The molecule has 3 rings (SSSR count). The molecule has 0 saturated carbocycles. The van der Waals surface area contributed by atoms with Crippen molar-refractivity contribution >= 4 is 33.7 Å². The number of halogens is 1. The fourth-order valence-electron chi connectivity index (χ4n) is 5.52. The van der Waals surface area contributed by atoms with Crippen LogP contribution in [0.5, 0.6) is 0 Å². The van der Waals surface area contributed by atoms with Crippen molar-refractivity contribution in [2.24, 2.45) is 11.8 Å². The predicted molar refractivity (Wildman–Crippen MR) is 122 cm³/mol. The number of carbonyl (C=O) groups is 3. The zero-order chi connectivity index (χ0) is 23.5. The van der Waals surface area contributed by atoms with Crippen LogP contribution in [0.2, 0.25) is 0 Å². The van der Waals surface area contributed by atoms with Gasteiger partial charge in [-0.2, -0.15) is 0 Å². The fourth-order valence-corrected chi connectivity index (χ4v) is 6.46. The molecule has 0 radical (unpaired) electrons. The summed E-state index contributed by atoms with van der Waals surface area (Å²) in [6.07, 6.45) is 4.55. The topological polar surface area (TPSA) is 96.4 Å². The van der Waals surface area contributed by atoms with E-state index in [1.165, 1.54) is 0 Å². The van der Waals surface area contributed by atoms with Crippen LogP contribution in [0, 0.1) is 11.8 Å². The molecule has 3 aliphatic rings. The van der Waals surface area contributed by atoms with Crippen molar-refractivity contribution < 1.29 is 29.0 Å². The summed E-state index contributed by atoms with van der Waals surface area (Å²) in [4.78, 5) is 43.6. The molecule has 2 amide bonds. The number of fused-ring (bicyclic) bond motifs is 1. The van der Waals surface area contributed by atoms with E-state index < -0.39 is 35.6 Å². The zero-order valence-corrected chi connectivity index (χ0v) is 20.6. The van der Waals surface area contributed by atoms with Crippen LogP contribution < -0.4 is 0 Å². The largest absolute Gasteiger partial charge is 0.466 e. The van der Waals surface area contributed by atoms with Crippen LogP contribution in [-0.4, -0.2) is 88.1 Å². The average molecular weight is 515 g/mol. The first-order valence-electron chi connectivity index (χ1n) is 11.7. The van der Waals surface area contributed by atoms with Gasteiger partial charge < -0.3 is 24.4 Å². The second kappa shape index (κ2) is 10.7. The standard InChI is InChI=1S/C23H35BrN2O6/c1-4-7-11-25(10-5-2)21(29)19-23-14-15(24)18(32-23)16(22(30)31-6-3)17(23)20(28)26(19)12-8-9-13-27/h5,15-19,27H,2,4,6-14H2,1,3H3/t15?,16-,17+,18-,19-,23+/m0/s1. The van der Waals surface area contributed by atoms with E-state index in [2.05, 4.69) is 29.4 Å². The average Bonchev–Trinajstić information content (AvgIpc) is 3.35. The highest BCUT2D eigenvalue weighted by Gasteiger charge is 2.76. The van der Waals surface area contributed by atoms with Crippen molar-refractivity contribution in [3.8, 4) is 0 Å². The van der Waals surface area contributed by atoms with Gasteiger partial charge >= 0.3 is 5.97 Å². The highest BCUT2D eigenvalue weighted by atomic mass is 79.9. The van der Waals surface area contributed by atoms with Crippen LogP contribution in [0.4, 0.5) is 0 Å². The predicted octanol–water partition coefficient (Wildman–Crippen LogP) is 1.88. The molecule has 1 unspecified atom stereocenters. The minimum absolute atomic E-state index is 0.0157. The molecule has 0 aromatic rings. The van der Waals surface area contributed by atoms with Crippen LogP contribution in [0.3, 0.4) is 0 Å². The number of hydrogen-bond acceptors (Lipinski definition) is 6. The highest BCUT2D eigenvalue weighted by Crippen LogP contribution is 2.60. The Morgan fingerprint density at radius 2 is 2.12 bits per heavy atom. The Balaban J connectivity index is 2.00. The van der Waals surface area contributed by atoms with Gasteiger partial charge in [-0.05, 0) is 32.6 Å². The lowest BCUT2D eigenvalue weighted by molar-refractivity contribution is -0.154. The van der Waals surface area contributed by atoms with Crippen molar-refractivity contribution in [2.75, 3.05) is 32.8 Å². The van der Waals surface area contributed by atoms with Crippen LogP contribution in [0.1, 0.15) is 46.0 Å². The van der Waals surface area contributed by atoms with Gasteiger partial charge in [0.25, 0.3) is 0 Å². The molecular weight excluding hydrogens is 480 g/mol. The summed E-state index contributed by atoms with van der Waals surface area (Å²) in [6, 6.07) is -0.806. The molecule has 2 bridgehead atoms. The first kappa shape index (κ1) is 25.2. The van der Waals surface area contributed by atoms with Gasteiger partial charge in [0.1, 0.15) is 11.6 Å². The number of alkyl halides is 1. The molecule has 32 heavy (non-hydrogen) atoms. The molecule has 180 valence electrons. The summed E-state index contributed by atoms with van der Waals surface area (Å²) in [6.45, 7) is 9.11. The van der Waals surface area contributed by atoms with Crippen molar-refractivity contribution in [3.05, 3.63) is 12.7 Å². The number of rotatable bonds is 12. The number of esters is 1. The van der Waals surface area contributed by atoms with E-state index in [-0.39, 0.29) is 29.9 Å². The molecule has 0 aromatic heterocycles. The Bertz CT molecular complexity index is 733. The smallest absolute Gasteiger partial charge is 0.312 e. The van der Waals surface area contributed by atoms with Crippen LogP contribution in [0.25, 0.3) is 0 Å². The van der Waals surface area contributed by atoms with E-state index in [1.807, 2.05) is 0 Å². The van der Waals surface area contributed by atoms with Gasteiger partial charge in [-0.3, -0.25) is 14.4 Å². The maximum atomic E-state index is 13.9. The number of unbranched alkanes of at least 4 members (excludes halogenated alkanes) is 2. The first-order valence-corrected chi connectivity index (χ1v) is 12.6. The van der Waals surface area contributed by atoms with Gasteiger partial charge in [0.15, 0.2) is 0 Å². The third-order valence-corrected chi connectivity index (χ3v) is 7.68. The monoisotopic (exact) mass is 514 g/mol. The van der Waals surface area contributed by atoms with Crippen molar-refractivity contribution in [1.82, 2.24) is 9.80 Å². The molecular formula is C23H35BrN2O6. The maximum Gasteiger partial charge on any atom is 0.312 e. The molecule has 8 nitrogen and oxygen atoms in total. The Hall–Kier alpha value is -1.45. The molecule has 0 aromatic carbocycles. The minimum atomic E-state index is -1.06. The molecule has 6 atom stereocenters. The normalized spacial score (nSPS) is 32.8. The Kier molecular flexibility index (Phi) is 8.38. The Labute approximate surface area is 198 Å². The third-order valence-electron chi connectivity index (χ3n) is 6.83. The summed E-state index contributed by atoms with van der Waals surface area (Å²) in [5.41, 5.74) is -1.06. The quantitative estimate of drug-likeness (QED) is 0.185. The van der Waals surface area contributed by atoms with Crippen molar-refractivity contribution in [2.45, 2.75) is 68.5 Å². The molecule has 3 heterocycles. The Morgan fingerprint density at radius 1 is 1.38 bits per heavy atom. The van der Waals surface area contributed by atoms with E-state index in [0.717, 1.165) is 12.8 Å². The van der Waals surface area contributed by atoms with Crippen LogP contribution in [0.15, 0.2) is 12.7 Å². The zero-order valence-electron chi connectivity index (χ0n) is 19.0. The van der Waals surface area contributed by atoms with Gasteiger partial charge in [0, 0.05) is 31.1 Å². The molecule has 0 aliphatic carbocycles. The van der Waals surface area contributed by atoms with Gasteiger partial charge in [0.2, 0.25) is 11.8 Å². The van der Waals surface area contributed by atoms with Crippen molar-refractivity contribution in [1.29, 1.82) is 0 Å². The number of ether oxygens (including phenoxy) is 2. The molecule has 3 saturated heterocycles. The van der Waals surface area contributed by atoms with Gasteiger partial charge in [-0.1, -0.05) is 35.4 Å². The van der Waals surface area contributed by atoms with Crippen molar-refractivity contribution in [3.63, 3.8) is 0 Å². The lowest BCUT2D eigenvalue weighted by Gasteiger charge is -2.37. The summed E-state index contributed by atoms with van der Waals surface area (Å²) in [5.74, 6) is -2.31. The summed E-state index contributed by atoms with van der Waals surface area (Å²) in [5, 5.41) is 9.23. The van der Waals surface area contributed by atoms with Gasteiger partial charge in [-0.25, -0.2) is 0 Å². The number of amides is 2. The number of hydrogen-bond donors (Lipinski definition) is 1. The molecule has 9 heteroatoms. The van der Waals surface area contributed by atoms with E-state index >= 15 is 0 Å². The summed E-state index contributed by atoms with van der Waals surface area (Å²) in [7, 11) is 0. The maximum absolute atomic E-state index is 13.9. The first-order chi connectivity index (χ1) is 15.4. The number of nitrogens with zero attached hydrogens (tertiary/aromatic N) is 2. The number of carbonyl (C=O) groups excluding carboxylic acids is 3. The number of likely N-dealkylation sites (tertiary alicyclic amines) is 1. The molecule has 1 N–H and O–H groups in total. The number of aliphatic hydroxyl groups is 1. The third kappa shape index (κ3) is 4.23. The SMILES string of the molecule is C=CCN(CCCC)C(=O)[C@@H]1N(CCCCO)C(=O)[C@H]2[C@H](C(=O)OCC)[C@H]3O[C@@]12CC3Br. The second-order valence-electron chi connectivity index (χ2n) is 8.80. The summed E-state index contributed by atoms with van der Waals surface area (Å²) < 4.78 is 11.7.